The van der Waals surface area contributed by atoms with Gasteiger partial charge in [0.2, 0.25) is 0 Å². The Hall–Kier alpha value is -7.49. The van der Waals surface area contributed by atoms with Crippen LogP contribution in [-0.2, 0) is 5.41 Å². The molecule has 0 bridgehead atoms. The lowest BCUT2D eigenvalue weighted by Gasteiger charge is -2.22. The smallest absolute Gasteiger partial charge is 0.164 e. The maximum atomic E-state index is 5.24. The zero-order chi connectivity index (χ0) is 39.2. The van der Waals surface area contributed by atoms with Crippen LogP contribution in [0.2, 0.25) is 0 Å². The van der Waals surface area contributed by atoms with Crippen molar-refractivity contribution in [1.29, 1.82) is 0 Å². The fourth-order valence-electron chi connectivity index (χ4n) is 9.49. The Kier molecular flexibility index (Phi) is 7.27. The largest absolute Gasteiger partial charge is 0.208 e. The molecule has 0 unspecified atom stereocenters. The zero-order valence-corrected chi connectivity index (χ0v) is 32.7. The summed E-state index contributed by atoms with van der Waals surface area (Å²) in [5.41, 5.74) is 10.6. The van der Waals surface area contributed by atoms with E-state index in [1.165, 1.54) is 81.9 Å². The molecule has 11 aromatic rings. The van der Waals surface area contributed by atoms with E-state index in [2.05, 4.69) is 202 Å². The van der Waals surface area contributed by atoms with Crippen LogP contribution in [0.15, 0.2) is 188 Å². The fraction of sp³-hybridized carbons (Fsp3) is 0.0536. The summed E-state index contributed by atoms with van der Waals surface area (Å²) in [6.45, 7) is 4.68. The molecule has 0 fully saturated rings. The van der Waals surface area contributed by atoms with Crippen LogP contribution < -0.4 is 0 Å². The van der Waals surface area contributed by atoms with Crippen LogP contribution in [0, 0.1) is 0 Å². The Morgan fingerprint density at radius 2 is 0.695 bits per heavy atom. The SMILES string of the molecule is CC1(C)c2ccccc2-c2ccc(-c3ccc4ccc(-c5nc(-c6ccc7ccc8ccccc8c7c6)nc(-c6ccc7ccc8ccccc8c7c6)n5)cc4c3)cc21. The van der Waals surface area contributed by atoms with Gasteiger partial charge in [-0.25, -0.2) is 15.0 Å². The standard InChI is InChI=1S/C56H37N3/c1-56(2)51-14-8-7-13-47(51)48-28-27-40(33-52(48)56)39-23-15-34-16-24-41(30-44(34)29-39)53-57-54(42-25-21-37-19-17-35-9-3-5-11-45(35)49(37)31-42)59-55(58-53)43-26-22-38-20-18-36-10-4-6-12-46(36)50(38)32-43/h3-33H,1-2H3. The van der Waals surface area contributed by atoms with Crippen molar-refractivity contribution in [3.05, 3.63) is 199 Å². The van der Waals surface area contributed by atoms with Crippen molar-refractivity contribution in [2.24, 2.45) is 0 Å². The van der Waals surface area contributed by atoms with Crippen molar-refractivity contribution in [2.45, 2.75) is 19.3 Å². The summed E-state index contributed by atoms with van der Waals surface area (Å²) >= 11 is 0. The molecule has 1 aliphatic carbocycles. The van der Waals surface area contributed by atoms with E-state index in [1.54, 1.807) is 0 Å². The van der Waals surface area contributed by atoms with Crippen molar-refractivity contribution in [3.63, 3.8) is 0 Å². The van der Waals surface area contributed by atoms with Gasteiger partial charge in [-0.1, -0.05) is 172 Å². The Morgan fingerprint density at radius 3 is 1.31 bits per heavy atom. The van der Waals surface area contributed by atoms with Crippen LogP contribution in [0.25, 0.3) is 110 Å². The number of aromatic nitrogens is 3. The van der Waals surface area contributed by atoms with Crippen LogP contribution in [-0.4, -0.2) is 15.0 Å². The van der Waals surface area contributed by atoms with E-state index in [0.717, 1.165) is 22.1 Å². The van der Waals surface area contributed by atoms with E-state index in [1.807, 2.05) is 0 Å². The summed E-state index contributed by atoms with van der Waals surface area (Å²) in [6.07, 6.45) is 0. The van der Waals surface area contributed by atoms with Crippen LogP contribution in [0.3, 0.4) is 0 Å². The first kappa shape index (κ1) is 33.6. The number of hydrogen-bond acceptors (Lipinski definition) is 3. The first-order valence-electron chi connectivity index (χ1n) is 20.3. The van der Waals surface area contributed by atoms with Gasteiger partial charge in [0.15, 0.2) is 17.5 Å². The Labute approximate surface area is 342 Å². The first-order valence-corrected chi connectivity index (χ1v) is 20.3. The summed E-state index contributed by atoms with van der Waals surface area (Å²) in [5.74, 6) is 1.94. The minimum absolute atomic E-state index is 0.0592. The van der Waals surface area contributed by atoms with Crippen LogP contribution in [0.5, 0.6) is 0 Å². The lowest BCUT2D eigenvalue weighted by molar-refractivity contribution is 0.660. The first-order chi connectivity index (χ1) is 28.9. The predicted molar refractivity (Wildman–Crippen MR) is 247 cm³/mol. The molecular weight excluding hydrogens is 715 g/mol. The maximum Gasteiger partial charge on any atom is 0.164 e. The predicted octanol–water partition coefficient (Wildman–Crippen LogP) is 14.6. The third-order valence-corrected chi connectivity index (χ3v) is 12.7. The van der Waals surface area contributed by atoms with E-state index in [9.17, 15) is 0 Å². The van der Waals surface area contributed by atoms with Crippen LogP contribution >= 0.6 is 0 Å². The van der Waals surface area contributed by atoms with Gasteiger partial charge in [0.25, 0.3) is 0 Å². The Bertz CT molecular complexity index is 3410. The average molecular weight is 752 g/mol. The van der Waals surface area contributed by atoms with Crippen molar-refractivity contribution in [3.8, 4) is 56.4 Å². The molecule has 3 heteroatoms. The van der Waals surface area contributed by atoms with Gasteiger partial charge in [-0.2, -0.15) is 0 Å². The van der Waals surface area contributed by atoms with E-state index < -0.39 is 0 Å². The number of nitrogens with zero attached hydrogens (tertiary/aromatic N) is 3. The highest BCUT2D eigenvalue weighted by atomic mass is 15.0. The van der Waals surface area contributed by atoms with Gasteiger partial charge in [0.1, 0.15) is 0 Å². The molecule has 1 aliphatic rings. The van der Waals surface area contributed by atoms with E-state index in [0.29, 0.717) is 17.5 Å². The molecule has 3 nitrogen and oxygen atoms in total. The molecule has 276 valence electrons. The third-order valence-electron chi connectivity index (χ3n) is 12.7. The molecule has 0 radical (unpaired) electrons. The number of fused-ring (bicyclic) bond motifs is 10. The molecule has 59 heavy (non-hydrogen) atoms. The summed E-state index contributed by atoms with van der Waals surface area (Å²) in [6, 6.07) is 68.1. The molecule has 0 amide bonds. The van der Waals surface area contributed by atoms with Gasteiger partial charge in [0.05, 0.1) is 0 Å². The van der Waals surface area contributed by atoms with Gasteiger partial charge in [0, 0.05) is 22.1 Å². The molecule has 12 rings (SSSR count). The third kappa shape index (κ3) is 5.39. The molecule has 1 aromatic heterocycles. The molecule has 0 saturated heterocycles. The van der Waals surface area contributed by atoms with Gasteiger partial charge in [-0.05, 0) is 118 Å². The van der Waals surface area contributed by atoms with Gasteiger partial charge >= 0.3 is 0 Å². The second kappa shape index (κ2) is 12.8. The molecule has 0 aliphatic heterocycles. The highest BCUT2D eigenvalue weighted by Crippen LogP contribution is 2.49. The second-order valence-corrected chi connectivity index (χ2v) is 16.5. The highest BCUT2D eigenvalue weighted by Gasteiger charge is 2.35. The normalized spacial score (nSPS) is 13.1. The van der Waals surface area contributed by atoms with Crippen molar-refractivity contribution in [1.82, 2.24) is 15.0 Å². The van der Waals surface area contributed by atoms with Crippen LogP contribution in [0.4, 0.5) is 0 Å². The molecule has 1 heterocycles. The molecular formula is C56H37N3. The van der Waals surface area contributed by atoms with Crippen molar-refractivity contribution in [2.75, 3.05) is 0 Å². The van der Waals surface area contributed by atoms with Gasteiger partial charge in [-0.3, -0.25) is 0 Å². The van der Waals surface area contributed by atoms with Crippen molar-refractivity contribution >= 4 is 53.9 Å². The molecule has 0 atom stereocenters. The topological polar surface area (TPSA) is 38.7 Å². The zero-order valence-electron chi connectivity index (χ0n) is 32.7. The number of hydrogen-bond donors (Lipinski definition) is 0. The molecule has 10 aromatic carbocycles. The summed E-state index contributed by atoms with van der Waals surface area (Å²) < 4.78 is 0. The Balaban J connectivity index is 1.02. The monoisotopic (exact) mass is 751 g/mol. The summed E-state index contributed by atoms with van der Waals surface area (Å²) in [7, 11) is 0. The van der Waals surface area contributed by atoms with E-state index >= 15 is 0 Å². The Morgan fingerprint density at radius 1 is 0.288 bits per heavy atom. The maximum absolute atomic E-state index is 5.24. The average Bonchev–Trinajstić information content (AvgIpc) is 3.53. The van der Waals surface area contributed by atoms with Crippen molar-refractivity contribution < 1.29 is 0 Å². The molecule has 0 spiro atoms. The minimum atomic E-state index is -0.0592. The van der Waals surface area contributed by atoms with Crippen LogP contribution in [0.1, 0.15) is 25.0 Å². The minimum Gasteiger partial charge on any atom is -0.208 e. The number of benzene rings is 10. The lowest BCUT2D eigenvalue weighted by atomic mass is 9.81. The fourth-order valence-corrected chi connectivity index (χ4v) is 9.49. The van der Waals surface area contributed by atoms with E-state index in [-0.39, 0.29) is 5.41 Å². The molecule has 0 N–H and O–H groups in total. The summed E-state index contributed by atoms with van der Waals surface area (Å²) in [4.78, 5) is 15.7. The van der Waals surface area contributed by atoms with E-state index in [4.69, 9.17) is 15.0 Å². The number of rotatable bonds is 4. The summed E-state index contributed by atoms with van der Waals surface area (Å²) in [5, 5.41) is 11.9. The quantitative estimate of drug-likeness (QED) is 0.168. The highest BCUT2D eigenvalue weighted by molar-refractivity contribution is 6.10. The molecule has 0 saturated carbocycles. The van der Waals surface area contributed by atoms with Gasteiger partial charge in [-0.15, -0.1) is 0 Å². The second-order valence-electron chi connectivity index (χ2n) is 16.5. The van der Waals surface area contributed by atoms with Gasteiger partial charge < -0.3 is 0 Å². The lowest BCUT2D eigenvalue weighted by Crippen LogP contribution is -2.14.